The minimum atomic E-state index is -1.43. The number of aliphatic hydroxyl groups is 1. The molecule has 1 aliphatic rings. The van der Waals surface area contributed by atoms with Gasteiger partial charge in [-0.15, -0.1) is 0 Å². The van der Waals surface area contributed by atoms with Crippen LogP contribution in [0.1, 0.15) is 16.8 Å². The molecule has 1 saturated heterocycles. The van der Waals surface area contributed by atoms with Crippen LogP contribution in [-0.4, -0.2) is 34.7 Å². The number of aliphatic hydroxyl groups excluding tert-OH is 1. The molecule has 2 N–H and O–H groups in total. The van der Waals surface area contributed by atoms with Crippen LogP contribution in [0.4, 0.5) is 10.1 Å². The highest BCUT2D eigenvalue weighted by molar-refractivity contribution is 6.34. The summed E-state index contributed by atoms with van der Waals surface area (Å²) in [5.41, 5.74) is -0.865. The Morgan fingerprint density at radius 3 is 2.67 bits per heavy atom. The van der Waals surface area contributed by atoms with Gasteiger partial charge in [0.05, 0.1) is 29.8 Å². The number of β-amino-alcohol motifs (C(OH)–C–C–N with tert-alkyl or cyclic N) is 1. The Labute approximate surface area is 106 Å². The van der Waals surface area contributed by atoms with Gasteiger partial charge in [0.25, 0.3) is 0 Å². The largest absolute Gasteiger partial charge is 0.478 e. The topological polar surface area (TPSA) is 77.8 Å². The molecule has 1 aromatic carbocycles. The maximum atomic E-state index is 13.7. The number of hydrogen-bond donors (Lipinski definition) is 2. The summed E-state index contributed by atoms with van der Waals surface area (Å²) in [5, 5.41) is 18.2. The molecule has 0 radical (unpaired) electrons. The molecule has 1 aliphatic heterocycles. The van der Waals surface area contributed by atoms with Crippen LogP contribution in [0.2, 0.25) is 5.02 Å². The predicted molar refractivity (Wildman–Crippen MR) is 61.3 cm³/mol. The van der Waals surface area contributed by atoms with Gasteiger partial charge < -0.3 is 15.1 Å². The Balaban J connectivity index is 2.59. The van der Waals surface area contributed by atoms with Crippen LogP contribution in [0, 0.1) is 5.82 Å². The Kier molecular flexibility index (Phi) is 3.23. The SMILES string of the molecule is O=C(O)c1c(Cl)ccc(F)c1N1CC(O)CC1=O. The van der Waals surface area contributed by atoms with E-state index in [-0.39, 0.29) is 18.0 Å². The highest BCUT2D eigenvalue weighted by atomic mass is 35.5. The first-order chi connectivity index (χ1) is 8.41. The van der Waals surface area contributed by atoms with Crippen molar-refractivity contribution >= 4 is 29.2 Å². The summed E-state index contributed by atoms with van der Waals surface area (Å²) in [5.74, 6) is -2.82. The zero-order valence-electron chi connectivity index (χ0n) is 9.06. The maximum Gasteiger partial charge on any atom is 0.339 e. The van der Waals surface area contributed by atoms with Crippen molar-refractivity contribution in [2.75, 3.05) is 11.4 Å². The van der Waals surface area contributed by atoms with E-state index in [1.54, 1.807) is 0 Å². The number of carboxylic acids is 1. The standard InChI is InChI=1S/C11H9ClFNO4/c12-6-1-2-7(13)10(9(6)11(17)18)14-4-5(15)3-8(14)16/h1-2,5,15H,3-4H2,(H,17,18). The average molecular weight is 274 g/mol. The fourth-order valence-electron chi connectivity index (χ4n) is 1.91. The monoisotopic (exact) mass is 273 g/mol. The number of anilines is 1. The number of hydrogen-bond acceptors (Lipinski definition) is 3. The number of nitrogens with zero attached hydrogens (tertiary/aromatic N) is 1. The van der Waals surface area contributed by atoms with Gasteiger partial charge in [0.2, 0.25) is 5.91 Å². The molecule has 1 amide bonds. The van der Waals surface area contributed by atoms with Crippen molar-refractivity contribution in [2.24, 2.45) is 0 Å². The van der Waals surface area contributed by atoms with Gasteiger partial charge in [0.15, 0.2) is 0 Å². The van der Waals surface area contributed by atoms with Crippen molar-refractivity contribution in [3.63, 3.8) is 0 Å². The Bertz CT molecular complexity index is 534. The van der Waals surface area contributed by atoms with Crippen LogP contribution in [0.3, 0.4) is 0 Å². The van der Waals surface area contributed by atoms with E-state index >= 15 is 0 Å². The Morgan fingerprint density at radius 1 is 1.50 bits per heavy atom. The number of halogens is 2. The normalized spacial score (nSPS) is 19.4. The number of carbonyl (C=O) groups is 2. The maximum absolute atomic E-state index is 13.7. The smallest absolute Gasteiger partial charge is 0.339 e. The first-order valence-corrected chi connectivity index (χ1v) is 5.49. The number of amides is 1. The first kappa shape index (κ1) is 12.8. The molecule has 0 aliphatic carbocycles. The summed E-state index contributed by atoms with van der Waals surface area (Å²) in [4.78, 5) is 23.6. The molecule has 0 bridgehead atoms. The van der Waals surface area contributed by atoms with Crippen LogP contribution in [-0.2, 0) is 4.79 Å². The van der Waals surface area contributed by atoms with Crippen molar-refractivity contribution in [3.8, 4) is 0 Å². The molecule has 0 spiro atoms. The van der Waals surface area contributed by atoms with Crippen LogP contribution in [0.25, 0.3) is 0 Å². The number of carbonyl (C=O) groups excluding carboxylic acids is 1. The number of aromatic carboxylic acids is 1. The van der Waals surface area contributed by atoms with E-state index in [9.17, 15) is 19.1 Å². The van der Waals surface area contributed by atoms with Crippen molar-refractivity contribution in [1.82, 2.24) is 0 Å². The molecule has 5 nitrogen and oxygen atoms in total. The zero-order chi connectivity index (χ0) is 13.4. The van der Waals surface area contributed by atoms with E-state index in [1.807, 2.05) is 0 Å². The third-order valence-electron chi connectivity index (χ3n) is 2.67. The predicted octanol–water partition coefficient (Wildman–Crippen LogP) is 1.27. The fourth-order valence-corrected chi connectivity index (χ4v) is 2.15. The van der Waals surface area contributed by atoms with Crippen LogP contribution < -0.4 is 4.90 Å². The van der Waals surface area contributed by atoms with Crippen molar-refractivity contribution in [3.05, 3.63) is 28.5 Å². The van der Waals surface area contributed by atoms with Gasteiger partial charge >= 0.3 is 5.97 Å². The lowest BCUT2D eigenvalue weighted by Gasteiger charge is -2.19. The van der Waals surface area contributed by atoms with Gasteiger partial charge in [-0.25, -0.2) is 9.18 Å². The van der Waals surface area contributed by atoms with Crippen molar-refractivity contribution < 1.29 is 24.2 Å². The number of carboxylic acid groups (broad SMARTS) is 1. The lowest BCUT2D eigenvalue weighted by atomic mass is 10.1. The van der Waals surface area contributed by atoms with Gasteiger partial charge in [-0.05, 0) is 12.1 Å². The van der Waals surface area contributed by atoms with Gasteiger partial charge in [0, 0.05) is 0 Å². The summed E-state index contributed by atoms with van der Waals surface area (Å²) in [7, 11) is 0. The first-order valence-electron chi connectivity index (χ1n) is 5.11. The van der Waals surface area contributed by atoms with E-state index in [0.29, 0.717) is 0 Å². The minimum absolute atomic E-state index is 0.142. The molecule has 1 atom stereocenters. The van der Waals surface area contributed by atoms with E-state index < -0.39 is 35.0 Å². The molecule has 2 rings (SSSR count). The Morgan fingerprint density at radius 2 is 2.17 bits per heavy atom. The molecular formula is C11H9ClFNO4. The molecule has 1 fully saturated rings. The summed E-state index contributed by atoms with van der Waals surface area (Å²) in [6, 6.07) is 2.10. The lowest BCUT2D eigenvalue weighted by molar-refractivity contribution is -0.117. The summed E-state index contributed by atoms with van der Waals surface area (Å²) in [6.45, 7) is -0.142. The second-order valence-electron chi connectivity index (χ2n) is 3.92. The fraction of sp³-hybridized carbons (Fsp3) is 0.273. The third-order valence-corrected chi connectivity index (χ3v) is 2.98. The second kappa shape index (κ2) is 4.55. The van der Waals surface area contributed by atoms with Crippen molar-refractivity contribution in [1.29, 1.82) is 0 Å². The van der Waals surface area contributed by atoms with Gasteiger partial charge in [0.1, 0.15) is 11.4 Å². The third kappa shape index (κ3) is 2.04. The van der Waals surface area contributed by atoms with E-state index in [2.05, 4.69) is 0 Å². The van der Waals surface area contributed by atoms with E-state index in [0.717, 1.165) is 17.0 Å². The molecule has 1 heterocycles. The average Bonchev–Trinajstić information content (AvgIpc) is 2.60. The summed E-state index contributed by atoms with van der Waals surface area (Å²) >= 11 is 5.71. The van der Waals surface area contributed by atoms with Gasteiger partial charge in [-0.2, -0.15) is 0 Å². The second-order valence-corrected chi connectivity index (χ2v) is 4.33. The highest BCUT2D eigenvalue weighted by Crippen LogP contribution is 2.33. The molecule has 1 unspecified atom stereocenters. The molecule has 0 saturated carbocycles. The lowest BCUT2D eigenvalue weighted by Crippen LogP contribution is -2.28. The van der Waals surface area contributed by atoms with Crippen molar-refractivity contribution in [2.45, 2.75) is 12.5 Å². The molecule has 7 heteroatoms. The molecule has 18 heavy (non-hydrogen) atoms. The Hall–Kier alpha value is -1.66. The summed E-state index contributed by atoms with van der Waals surface area (Å²) in [6.07, 6.45) is -1.09. The van der Waals surface area contributed by atoms with Crippen LogP contribution in [0.5, 0.6) is 0 Å². The van der Waals surface area contributed by atoms with E-state index in [1.165, 1.54) is 0 Å². The molecule has 1 aromatic rings. The van der Waals surface area contributed by atoms with Crippen LogP contribution >= 0.6 is 11.6 Å². The molecule has 96 valence electrons. The van der Waals surface area contributed by atoms with E-state index in [4.69, 9.17) is 16.7 Å². The van der Waals surface area contributed by atoms with Gasteiger partial charge in [-0.3, -0.25) is 4.79 Å². The minimum Gasteiger partial charge on any atom is -0.478 e. The number of benzene rings is 1. The molecular weight excluding hydrogens is 265 g/mol. The highest BCUT2D eigenvalue weighted by Gasteiger charge is 2.34. The summed E-state index contributed by atoms with van der Waals surface area (Å²) < 4.78 is 13.7. The number of rotatable bonds is 2. The van der Waals surface area contributed by atoms with Crippen LogP contribution in [0.15, 0.2) is 12.1 Å². The van der Waals surface area contributed by atoms with Gasteiger partial charge in [-0.1, -0.05) is 11.6 Å². The zero-order valence-corrected chi connectivity index (χ0v) is 9.82. The quantitative estimate of drug-likeness (QED) is 0.851. The molecule has 0 aromatic heterocycles.